The smallest absolute Gasteiger partial charge is 0.220 e. The van der Waals surface area contributed by atoms with Crippen molar-refractivity contribution in [2.24, 2.45) is 0 Å². The van der Waals surface area contributed by atoms with Crippen molar-refractivity contribution in [2.45, 2.75) is 38.1 Å². The molecule has 0 saturated carbocycles. The number of hydrogen-bond acceptors (Lipinski definition) is 4. The molecule has 5 nitrogen and oxygen atoms in total. The van der Waals surface area contributed by atoms with E-state index in [0.717, 1.165) is 39.2 Å². The molecule has 0 spiro atoms. The molecule has 1 fully saturated rings. The summed E-state index contributed by atoms with van der Waals surface area (Å²) in [4.78, 5) is 13.9. The number of carbonyl (C=O) groups is 1. The van der Waals surface area contributed by atoms with Crippen molar-refractivity contribution in [3.8, 4) is 0 Å². The molecular weight excluding hydrogens is 242 g/mol. The van der Waals surface area contributed by atoms with Gasteiger partial charge in [-0.2, -0.15) is 0 Å². The number of nitrogens with one attached hydrogen (secondary N) is 2. The maximum Gasteiger partial charge on any atom is 0.220 e. The zero-order valence-electron chi connectivity index (χ0n) is 12.4. The average Bonchev–Trinajstić information content (AvgIpc) is 2.44. The standard InChI is InChI=1S/C14H29N3O2/c1-17(11-12-19-2)10-9-16-14(18)7-6-13-5-3-4-8-15-13/h13,15H,3-12H2,1-2H3,(H,16,18). The summed E-state index contributed by atoms with van der Waals surface area (Å²) in [6.45, 7) is 4.33. The van der Waals surface area contributed by atoms with E-state index in [9.17, 15) is 4.79 Å². The minimum atomic E-state index is 0.174. The number of amides is 1. The van der Waals surface area contributed by atoms with Crippen LogP contribution in [0.2, 0.25) is 0 Å². The number of ether oxygens (including phenoxy) is 1. The molecule has 0 aliphatic carbocycles. The Labute approximate surface area is 117 Å². The summed E-state index contributed by atoms with van der Waals surface area (Å²) < 4.78 is 5.01. The SMILES string of the molecule is COCCN(C)CCNC(=O)CCC1CCCCN1. The Morgan fingerprint density at radius 3 is 2.95 bits per heavy atom. The van der Waals surface area contributed by atoms with Crippen LogP contribution >= 0.6 is 0 Å². The maximum atomic E-state index is 11.7. The third-order valence-electron chi connectivity index (χ3n) is 3.63. The highest BCUT2D eigenvalue weighted by atomic mass is 16.5. The van der Waals surface area contributed by atoms with Gasteiger partial charge in [-0.15, -0.1) is 0 Å². The Morgan fingerprint density at radius 2 is 2.26 bits per heavy atom. The Balaban J connectivity index is 1.98. The molecule has 1 aliphatic rings. The topological polar surface area (TPSA) is 53.6 Å². The fourth-order valence-corrected chi connectivity index (χ4v) is 2.31. The van der Waals surface area contributed by atoms with Crippen molar-refractivity contribution >= 4 is 5.91 Å². The van der Waals surface area contributed by atoms with Gasteiger partial charge < -0.3 is 20.3 Å². The first-order chi connectivity index (χ1) is 9.22. The fourth-order valence-electron chi connectivity index (χ4n) is 2.31. The summed E-state index contributed by atoms with van der Waals surface area (Å²) in [5, 5.41) is 6.45. The molecule has 1 saturated heterocycles. The van der Waals surface area contributed by atoms with E-state index >= 15 is 0 Å². The lowest BCUT2D eigenvalue weighted by molar-refractivity contribution is -0.121. The summed E-state index contributed by atoms with van der Waals surface area (Å²) in [7, 11) is 3.74. The Kier molecular flexibility index (Phi) is 8.79. The van der Waals surface area contributed by atoms with Crippen LogP contribution in [0.4, 0.5) is 0 Å². The lowest BCUT2D eigenvalue weighted by Gasteiger charge is -2.23. The molecule has 0 aromatic rings. The minimum Gasteiger partial charge on any atom is -0.383 e. The normalized spacial score (nSPS) is 19.6. The molecule has 0 aromatic carbocycles. The first kappa shape index (κ1) is 16.4. The second kappa shape index (κ2) is 10.2. The van der Waals surface area contributed by atoms with Crippen molar-refractivity contribution in [3.63, 3.8) is 0 Å². The number of likely N-dealkylation sites (N-methyl/N-ethyl adjacent to an activating group) is 1. The van der Waals surface area contributed by atoms with Crippen LogP contribution in [-0.2, 0) is 9.53 Å². The van der Waals surface area contributed by atoms with E-state index in [4.69, 9.17) is 4.74 Å². The molecule has 1 heterocycles. The molecule has 0 bridgehead atoms. The van der Waals surface area contributed by atoms with Gasteiger partial charge in [-0.25, -0.2) is 0 Å². The Bertz CT molecular complexity index is 243. The number of rotatable bonds is 9. The molecule has 1 amide bonds. The van der Waals surface area contributed by atoms with E-state index in [1.54, 1.807) is 7.11 Å². The highest BCUT2D eigenvalue weighted by molar-refractivity contribution is 5.75. The molecule has 1 unspecified atom stereocenters. The number of hydrogen-bond donors (Lipinski definition) is 2. The van der Waals surface area contributed by atoms with Gasteiger partial charge in [0, 0.05) is 39.2 Å². The van der Waals surface area contributed by atoms with Crippen molar-refractivity contribution in [1.29, 1.82) is 0 Å². The fraction of sp³-hybridized carbons (Fsp3) is 0.929. The van der Waals surface area contributed by atoms with Gasteiger partial charge in [0.2, 0.25) is 5.91 Å². The first-order valence-corrected chi connectivity index (χ1v) is 7.40. The lowest BCUT2D eigenvalue weighted by atomic mass is 10.0. The Morgan fingerprint density at radius 1 is 1.42 bits per heavy atom. The van der Waals surface area contributed by atoms with Gasteiger partial charge in [0.05, 0.1) is 6.61 Å². The number of carbonyl (C=O) groups excluding carboxylic acids is 1. The van der Waals surface area contributed by atoms with E-state index in [2.05, 4.69) is 15.5 Å². The molecule has 1 rings (SSSR count). The summed E-state index contributed by atoms with van der Waals surface area (Å²) in [5.41, 5.74) is 0. The number of piperidine rings is 1. The third-order valence-corrected chi connectivity index (χ3v) is 3.63. The van der Waals surface area contributed by atoms with Crippen LogP contribution < -0.4 is 10.6 Å². The lowest BCUT2D eigenvalue weighted by Crippen LogP contribution is -2.37. The van der Waals surface area contributed by atoms with Crippen molar-refractivity contribution in [2.75, 3.05) is 46.9 Å². The molecule has 0 aromatic heterocycles. The van der Waals surface area contributed by atoms with E-state index in [1.807, 2.05) is 7.05 Å². The van der Waals surface area contributed by atoms with Crippen LogP contribution in [-0.4, -0.2) is 63.8 Å². The first-order valence-electron chi connectivity index (χ1n) is 7.40. The molecule has 0 radical (unpaired) electrons. The predicted octanol–water partition coefficient (Wildman–Crippen LogP) is 0.603. The molecule has 2 N–H and O–H groups in total. The van der Waals surface area contributed by atoms with Crippen molar-refractivity contribution in [3.05, 3.63) is 0 Å². The zero-order valence-corrected chi connectivity index (χ0v) is 12.4. The molecule has 5 heteroatoms. The van der Waals surface area contributed by atoms with Crippen LogP contribution in [0.25, 0.3) is 0 Å². The maximum absolute atomic E-state index is 11.7. The van der Waals surface area contributed by atoms with E-state index in [1.165, 1.54) is 19.3 Å². The van der Waals surface area contributed by atoms with Crippen LogP contribution in [0.5, 0.6) is 0 Å². The second-order valence-corrected chi connectivity index (χ2v) is 5.33. The van der Waals surface area contributed by atoms with Crippen LogP contribution in [0, 0.1) is 0 Å². The third kappa shape index (κ3) is 8.18. The minimum absolute atomic E-state index is 0.174. The van der Waals surface area contributed by atoms with E-state index in [0.29, 0.717) is 12.5 Å². The quantitative estimate of drug-likeness (QED) is 0.645. The molecule has 19 heavy (non-hydrogen) atoms. The van der Waals surface area contributed by atoms with Gasteiger partial charge in [0.15, 0.2) is 0 Å². The predicted molar refractivity (Wildman–Crippen MR) is 77.3 cm³/mol. The highest BCUT2D eigenvalue weighted by Crippen LogP contribution is 2.11. The van der Waals surface area contributed by atoms with Crippen LogP contribution in [0.1, 0.15) is 32.1 Å². The summed E-state index contributed by atoms with van der Waals surface area (Å²) >= 11 is 0. The van der Waals surface area contributed by atoms with Gasteiger partial charge in [-0.3, -0.25) is 4.79 Å². The van der Waals surface area contributed by atoms with Gasteiger partial charge in [0.25, 0.3) is 0 Å². The highest BCUT2D eigenvalue weighted by Gasteiger charge is 2.13. The zero-order chi connectivity index (χ0) is 13.9. The number of nitrogens with zero attached hydrogens (tertiary/aromatic N) is 1. The van der Waals surface area contributed by atoms with Crippen molar-refractivity contribution < 1.29 is 9.53 Å². The largest absolute Gasteiger partial charge is 0.383 e. The van der Waals surface area contributed by atoms with E-state index in [-0.39, 0.29) is 5.91 Å². The molecule has 112 valence electrons. The number of methoxy groups -OCH3 is 1. The van der Waals surface area contributed by atoms with Crippen LogP contribution in [0.3, 0.4) is 0 Å². The van der Waals surface area contributed by atoms with Crippen LogP contribution in [0.15, 0.2) is 0 Å². The molecule has 1 aliphatic heterocycles. The summed E-state index contributed by atoms with van der Waals surface area (Å²) in [6, 6.07) is 0.545. The van der Waals surface area contributed by atoms with Crippen molar-refractivity contribution in [1.82, 2.24) is 15.5 Å². The molecule has 1 atom stereocenters. The monoisotopic (exact) mass is 271 g/mol. The second-order valence-electron chi connectivity index (χ2n) is 5.33. The average molecular weight is 271 g/mol. The Hall–Kier alpha value is -0.650. The molecular formula is C14H29N3O2. The van der Waals surface area contributed by atoms with E-state index < -0.39 is 0 Å². The summed E-state index contributed by atoms with van der Waals surface area (Å²) in [5.74, 6) is 0.174. The van der Waals surface area contributed by atoms with Gasteiger partial charge in [-0.1, -0.05) is 6.42 Å². The van der Waals surface area contributed by atoms with Gasteiger partial charge >= 0.3 is 0 Å². The van der Waals surface area contributed by atoms with Gasteiger partial charge in [0.1, 0.15) is 0 Å². The van der Waals surface area contributed by atoms with Gasteiger partial charge in [-0.05, 0) is 32.9 Å². The summed E-state index contributed by atoms with van der Waals surface area (Å²) in [6.07, 6.45) is 5.39.